The minimum atomic E-state index is -5.32. The van der Waals surface area contributed by atoms with Crippen LogP contribution in [0.25, 0.3) is 0 Å². The number of aromatic nitrogens is 2. The van der Waals surface area contributed by atoms with Crippen molar-refractivity contribution in [3.05, 3.63) is 22.7 Å². The number of phosphoric acid groups is 2. The van der Waals surface area contributed by atoms with Gasteiger partial charge in [0.05, 0.1) is 13.2 Å². The highest BCUT2D eigenvalue weighted by molar-refractivity contribution is 7.99. The fourth-order valence-electron chi connectivity index (χ4n) is 7.15. The van der Waals surface area contributed by atoms with Gasteiger partial charge in [0.2, 0.25) is 0 Å². The van der Waals surface area contributed by atoms with Crippen LogP contribution in [0.3, 0.4) is 0 Å². The molecule has 1 aromatic heterocycles. The molecular weight excluding hydrogens is 848 g/mol. The van der Waals surface area contributed by atoms with Gasteiger partial charge in [-0.3, -0.25) is 18.4 Å². The van der Waals surface area contributed by atoms with Crippen molar-refractivity contribution in [2.45, 2.75) is 211 Å². The molecule has 0 spiro atoms. The minimum Gasteiger partial charge on any atom is -0.459 e. The fourth-order valence-corrected chi connectivity index (χ4v) is 10.3. The number of aliphatic hydroxyl groups is 2. The van der Waals surface area contributed by atoms with Crippen LogP contribution in [0.2, 0.25) is 0 Å². The lowest BCUT2D eigenvalue weighted by atomic mass is 10.0. The first-order chi connectivity index (χ1) is 29.3. The van der Waals surface area contributed by atoms with E-state index in [9.17, 15) is 38.7 Å². The highest BCUT2D eigenvalue weighted by atomic mass is 32.2. The van der Waals surface area contributed by atoms with Crippen molar-refractivity contribution in [3.8, 4) is 0 Å². The van der Waals surface area contributed by atoms with Crippen molar-refractivity contribution in [2.75, 3.05) is 30.5 Å². The molecule has 0 aliphatic carbocycles. The second-order valence-corrected chi connectivity index (χ2v) is 20.5. The number of phosphoric ester groups is 2. The number of aliphatic hydroxyl groups excluding tert-OH is 2. The molecule has 16 nitrogen and oxygen atoms in total. The maximum Gasteiger partial charge on any atom is 0.481 e. The Bertz CT molecular complexity index is 1460. The molecule has 0 bridgehead atoms. The molecular formula is C42H79N3O13P2S. The first kappa shape index (κ1) is 55.8. The van der Waals surface area contributed by atoms with Crippen LogP contribution in [-0.2, 0) is 36.8 Å². The van der Waals surface area contributed by atoms with Crippen molar-refractivity contribution < 1.29 is 56.8 Å². The third kappa shape index (κ3) is 26.3. The Hall–Kier alpha value is -1.36. The van der Waals surface area contributed by atoms with Crippen molar-refractivity contribution in [1.29, 1.82) is 0 Å². The Labute approximate surface area is 369 Å². The molecule has 6 N–H and O–H groups in total. The van der Waals surface area contributed by atoms with Crippen molar-refractivity contribution in [3.63, 3.8) is 0 Å². The Morgan fingerprint density at radius 1 is 0.770 bits per heavy atom. The molecule has 1 aromatic rings. The van der Waals surface area contributed by atoms with Crippen molar-refractivity contribution in [1.82, 2.24) is 9.55 Å². The van der Waals surface area contributed by atoms with Crippen LogP contribution in [-0.4, -0.2) is 84.7 Å². The summed E-state index contributed by atoms with van der Waals surface area (Å²) in [5, 5.41) is 20.9. The molecule has 7 atom stereocenters. The largest absolute Gasteiger partial charge is 0.481 e. The van der Waals surface area contributed by atoms with E-state index in [4.69, 9.17) is 24.3 Å². The number of carbonyl (C=O) groups is 1. The number of hydrogen-bond donors (Lipinski definition) is 5. The summed E-state index contributed by atoms with van der Waals surface area (Å²) >= 11 is 1.53. The number of ether oxygens (including phenoxy) is 2. The number of unbranched alkanes of at least 4 members (excludes halogenated alkanes) is 23. The SMILES string of the molecule is CCCCCCCCCCCCCCCCSCC(COP(=O)(O)OP(=O)(O)OC[C@H]1O[C@@H](n2ccc(N)nc2=O)[C@@H](O)[C@@H]1O)OC(=O)CCCCCCCCCCCCC. The Kier molecular flexibility index (Phi) is 30.3. The molecule has 61 heavy (non-hydrogen) atoms. The van der Waals surface area contributed by atoms with E-state index in [-0.39, 0.29) is 18.0 Å². The highest BCUT2D eigenvalue weighted by Crippen LogP contribution is 2.60. The molecule has 19 heteroatoms. The van der Waals surface area contributed by atoms with E-state index >= 15 is 0 Å². The Balaban J connectivity index is 1.79. The van der Waals surface area contributed by atoms with Crippen molar-refractivity contribution >= 4 is 39.2 Å². The number of hydrogen-bond acceptors (Lipinski definition) is 14. The van der Waals surface area contributed by atoms with Crippen molar-refractivity contribution in [2.24, 2.45) is 0 Å². The van der Waals surface area contributed by atoms with E-state index in [1.165, 1.54) is 140 Å². The standard InChI is InChI=1S/C42H79N3O13P2S/c1-3-5-7-9-11-13-15-16-17-19-21-23-25-27-31-61-34-35(56-38(46)28-26-24-22-20-18-14-12-10-8-6-4-2)32-54-59(50,51)58-60(52,53)55-33-36-39(47)40(48)41(57-36)45-30-29-37(43)44-42(45)49/h29-30,35-36,39-41,47-48H,3-28,31-34H2,1-2H3,(H,50,51)(H,52,53)(H2,43,44,49)/t35?,36-,39-,40+,41-/m1/s1. The van der Waals surface area contributed by atoms with Gasteiger partial charge in [0, 0.05) is 18.4 Å². The molecule has 1 aliphatic rings. The predicted molar refractivity (Wildman–Crippen MR) is 240 cm³/mol. The van der Waals surface area contributed by atoms with E-state index in [0.717, 1.165) is 48.8 Å². The second-order valence-electron chi connectivity index (χ2n) is 16.3. The van der Waals surface area contributed by atoms with E-state index in [1.54, 1.807) is 0 Å². The van der Waals surface area contributed by atoms with Crippen LogP contribution in [0.1, 0.15) is 187 Å². The van der Waals surface area contributed by atoms with Crippen LogP contribution in [0, 0.1) is 0 Å². The Morgan fingerprint density at radius 3 is 1.75 bits per heavy atom. The third-order valence-electron chi connectivity index (χ3n) is 10.7. The summed E-state index contributed by atoms with van der Waals surface area (Å²) in [6.45, 7) is 3.00. The number of esters is 1. The maximum absolute atomic E-state index is 12.8. The lowest BCUT2D eigenvalue weighted by Gasteiger charge is -2.21. The summed E-state index contributed by atoms with van der Waals surface area (Å²) in [7, 11) is -10.6. The van der Waals surface area contributed by atoms with E-state index < -0.39 is 71.2 Å². The van der Waals surface area contributed by atoms with Crippen LogP contribution in [0.15, 0.2) is 17.1 Å². The summed E-state index contributed by atoms with van der Waals surface area (Å²) in [6.07, 6.45) is 24.3. The maximum atomic E-state index is 12.8. The second kappa shape index (κ2) is 33.2. The summed E-state index contributed by atoms with van der Waals surface area (Å²) < 4.78 is 51.8. The first-order valence-corrected chi connectivity index (χ1v) is 27.2. The van der Waals surface area contributed by atoms with Crippen LogP contribution < -0.4 is 11.4 Å². The van der Waals surface area contributed by atoms with Gasteiger partial charge in [-0.05, 0) is 24.7 Å². The number of carbonyl (C=O) groups excluding carboxylic acids is 1. The minimum absolute atomic E-state index is 0.0776. The van der Waals surface area contributed by atoms with Gasteiger partial charge in [-0.15, -0.1) is 0 Å². The van der Waals surface area contributed by atoms with Gasteiger partial charge in [-0.2, -0.15) is 21.1 Å². The van der Waals surface area contributed by atoms with Gasteiger partial charge >= 0.3 is 27.3 Å². The number of anilines is 1. The molecule has 2 heterocycles. The third-order valence-corrected chi connectivity index (χ3v) is 14.5. The van der Waals surface area contributed by atoms with Gasteiger partial charge in [0.15, 0.2) is 6.23 Å². The number of nitrogens with zero attached hydrogens (tertiary/aromatic N) is 2. The number of nitrogens with two attached hydrogens (primary N) is 1. The smallest absolute Gasteiger partial charge is 0.459 e. The number of rotatable bonds is 39. The highest BCUT2D eigenvalue weighted by Gasteiger charge is 2.46. The van der Waals surface area contributed by atoms with Crippen LogP contribution >= 0.6 is 27.4 Å². The van der Waals surface area contributed by atoms with Gasteiger partial charge in [0.1, 0.15) is 30.2 Å². The number of thioether (sulfide) groups is 1. The van der Waals surface area contributed by atoms with Gasteiger partial charge < -0.3 is 35.2 Å². The summed E-state index contributed by atoms with van der Waals surface area (Å²) in [4.78, 5) is 49.2. The molecule has 1 fully saturated rings. The lowest BCUT2D eigenvalue weighted by molar-refractivity contribution is -0.149. The van der Waals surface area contributed by atoms with Gasteiger partial charge in [-0.25, -0.2) is 13.9 Å². The molecule has 0 saturated carbocycles. The molecule has 0 amide bonds. The fraction of sp³-hybridized carbons (Fsp3) is 0.881. The molecule has 0 aromatic carbocycles. The summed E-state index contributed by atoms with van der Waals surface area (Å²) in [6, 6.07) is 1.27. The lowest BCUT2D eigenvalue weighted by Crippen LogP contribution is -2.36. The zero-order chi connectivity index (χ0) is 44.8. The normalized spacial score (nSPS) is 20.4. The molecule has 356 valence electrons. The average Bonchev–Trinajstić information content (AvgIpc) is 3.49. The topological polar surface area (TPSA) is 239 Å². The van der Waals surface area contributed by atoms with Gasteiger partial charge in [0.25, 0.3) is 0 Å². The quantitative estimate of drug-likeness (QED) is 0.0235. The molecule has 2 rings (SSSR count). The molecule has 3 unspecified atom stereocenters. The number of nitrogen functional groups attached to an aromatic ring is 1. The average molecular weight is 928 g/mol. The van der Waals surface area contributed by atoms with E-state index in [2.05, 4.69) is 23.1 Å². The predicted octanol–water partition coefficient (Wildman–Crippen LogP) is 9.52. The van der Waals surface area contributed by atoms with E-state index in [1.807, 2.05) is 0 Å². The zero-order valence-electron chi connectivity index (χ0n) is 37.0. The van der Waals surface area contributed by atoms with E-state index in [0.29, 0.717) is 6.42 Å². The van der Waals surface area contributed by atoms with Crippen LogP contribution in [0.5, 0.6) is 0 Å². The molecule has 1 saturated heterocycles. The monoisotopic (exact) mass is 927 g/mol. The summed E-state index contributed by atoms with van der Waals surface area (Å²) in [5.74, 6) is 0.541. The van der Waals surface area contributed by atoms with Gasteiger partial charge in [-0.1, -0.05) is 162 Å². The Morgan fingerprint density at radius 2 is 1.25 bits per heavy atom. The molecule has 1 aliphatic heterocycles. The summed E-state index contributed by atoms with van der Waals surface area (Å²) in [5.41, 5.74) is 4.62. The van der Waals surface area contributed by atoms with Crippen LogP contribution in [0.4, 0.5) is 5.82 Å². The molecule has 0 radical (unpaired) electrons. The first-order valence-electron chi connectivity index (χ1n) is 23.1. The zero-order valence-corrected chi connectivity index (χ0v) is 39.6.